The molecule has 0 aliphatic carbocycles. The molecule has 0 saturated carbocycles. The van der Waals surface area contributed by atoms with Crippen LogP contribution < -0.4 is 9.47 Å². The lowest BCUT2D eigenvalue weighted by Crippen LogP contribution is -2.12. The van der Waals surface area contributed by atoms with Crippen molar-refractivity contribution >= 4 is 11.5 Å². The highest BCUT2D eigenvalue weighted by atomic mass is 19.1. The summed E-state index contributed by atoms with van der Waals surface area (Å²) in [5.41, 5.74) is -0.0381. The van der Waals surface area contributed by atoms with Crippen LogP contribution in [-0.2, 0) is 0 Å². The Labute approximate surface area is 125 Å². The molecule has 0 fully saturated rings. The van der Waals surface area contributed by atoms with Crippen molar-refractivity contribution in [2.45, 2.75) is 0 Å². The van der Waals surface area contributed by atoms with E-state index in [0.717, 1.165) is 12.1 Å². The monoisotopic (exact) mass is 305 g/mol. The van der Waals surface area contributed by atoms with E-state index >= 15 is 0 Å². The number of ether oxygens (including phenoxy) is 2. The first kappa shape index (κ1) is 15.4. The molecule has 0 aliphatic rings. The molecule has 114 valence electrons. The normalized spacial score (nSPS) is 10.1. The van der Waals surface area contributed by atoms with Gasteiger partial charge in [-0.15, -0.1) is 0 Å². The average Bonchev–Trinajstić information content (AvgIpc) is 2.53. The Bertz CT molecular complexity index is 700. The second-order valence-electron chi connectivity index (χ2n) is 4.31. The number of halogens is 1. The number of nitrogens with zero attached hydrogens (tertiary/aromatic N) is 1. The van der Waals surface area contributed by atoms with E-state index in [4.69, 9.17) is 9.47 Å². The molecule has 0 aliphatic heterocycles. The molecule has 0 spiro atoms. The van der Waals surface area contributed by atoms with Crippen LogP contribution >= 0.6 is 0 Å². The number of carbonyl (C=O) groups is 1. The van der Waals surface area contributed by atoms with E-state index in [1.165, 1.54) is 37.4 Å². The smallest absolute Gasteiger partial charge is 0.314 e. The summed E-state index contributed by atoms with van der Waals surface area (Å²) in [5, 5.41) is 11.0. The van der Waals surface area contributed by atoms with Gasteiger partial charge in [0.1, 0.15) is 11.6 Å². The first-order valence-electron chi connectivity index (χ1n) is 6.25. The van der Waals surface area contributed by atoms with Crippen LogP contribution in [0.4, 0.5) is 10.1 Å². The van der Waals surface area contributed by atoms with Crippen LogP contribution in [0.25, 0.3) is 0 Å². The number of Topliss-reactive ketones (excluding diaryl/α,β-unsaturated/α-hetero) is 1. The van der Waals surface area contributed by atoms with Crippen molar-refractivity contribution in [3.8, 4) is 11.5 Å². The topological polar surface area (TPSA) is 78.7 Å². The van der Waals surface area contributed by atoms with Gasteiger partial charge >= 0.3 is 5.69 Å². The van der Waals surface area contributed by atoms with E-state index in [9.17, 15) is 19.3 Å². The summed E-state index contributed by atoms with van der Waals surface area (Å²) >= 11 is 0. The van der Waals surface area contributed by atoms with Crippen LogP contribution in [0, 0.1) is 15.9 Å². The van der Waals surface area contributed by atoms with Gasteiger partial charge in [-0.2, -0.15) is 0 Å². The molecule has 0 heterocycles. The Balaban J connectivity index is 2.12. The van der Waals surface area contributed by atoms with Gasteiger partial charge in [-0.25, -0.2) is 4.39 Å². The molecule has 22 heavy (non-hydrogen) atoms. The van der Waals surface area contributed by atoms with Gasteiger partial charge in [-0.05, 0) is 36.4 Å². The van der Waals surface area contributed by atoms with Crippen LogP contribution in [0.15, 0.2) is 42.5 Å². The molecule has 0 bridgehead atoms. The van der Waals surface area contributed by atoms with Gasteiger partial charge in [0, 0.05) is 5.56 Å². The molecule has 0 N–H and O–H groups in total. The zero-order valence-electron chi connectivity index (χ0n) is 11.6. The maximum Gasteiger partial charge on any atom is 0.314 e. The largest absolute Gasteiger partial charge is 0.496 e. The minimum absolute atomic E-state index is 0.0405. The van der Waals surface area contributed by atoms with Crippen molar-refractivity contribution in [3.63, 3.8) is 0 Å². The third-order valence-electron chi connectivity index (χ3n) is 2.89. The molecule has 6 nitrogen and oxygen atoms in total. The standard InChI is InChI=1S/C15H12FNO5/c1-21-12-6-7-15(13(8-12)17(19)20)22-9-14(18)10-2-4-11(16)5-3-10/h2-8H,9H2,1H3. The highest BCUT2D eigenvalue weighted by Crippen LogP contribution is 2.31. The minimum atomic E-state index is -0.625. The van der Waals surface area contributed by atoms with E-state index in [1.54, 1.807) is 0 Å². The number of rotatable bonds is 6. The van der Waals surface area contributed by atoms with Gasteiger partial charge in [0.05, 0.1) is 18.1 Å². The van der Waals surface area contributed by atoms with Crippen molar-refractivity contribution in [1.82, 2.24) is 0 Å². The van der Waals surface area contributed by atoms with Gasteiger partial charge in [-0.3, -0.25) is 14.9 Å². The minimum Gasteiger partial charge on any atom is -0.496 e. The second-order valence-corrected chi connectivity index (χ2v) is 4.31. The number of hydrogen-bond acceptors (Lipinski definition) is 5. The van der Waals surface area contributed by atoms with Crippen LogP contribution in [-0.4, -0.2) is 24.4 Å². The van der Waals surface area contributed by atoms with Crippen molar-refractivity contribution in [2.24, 2.45) is 0 Å². The Hall–Kier alpha value is -2.96. The Morgan fingerprint density at radius 3 is 2.50 bits per heavy atom. The van der Waals surface area contributed by atoms with Gasteiger partial charge in [0.25, 0.3) is 0 Å². The number of nitro groups is 1. The molecule has 0 saturated heterocycles. The lowest BCUT2D eigenvalue weighted by Gasteiger charge is -2.07. The zero-order chi connectivity index (χ0) is 16.1. The van der Waals surface area contributed by atoms with Crippen molar-refractivity contribution in [3.05, 3.63) is 64.0 Å². The van der Waals surface area contributed by atoms with Gasteiger partial charge in [0.2, 0.25) is 0 Å². The van der Waals surface area contributed by atoms with Crippen LogP contribution in [0.1, 0.15) is 10.4 Å². The number of methoxy groups -OCH3 is 1. The summed E-state index contributed by atoms with van der Waals surface area (Å²) < 4.78 is 22.9. The van der Waals surface area contributed by atoms with E-state index < -0.39 is 23.1 Å². The lowest BCUT2D eigenvalue weighted by molar-refractivity contribution is -0.385. The molecular weight excluding hydrogens is 293 g/mol. The molecule has 2 aromatic rings. The quantitative estimate of drug-likeness (QED) is 0.465. The summed E-state index contributed by atoms with van der Waals surface area (Å²) in [6, 6.07) is 9.01. The number of ketones is 1. The highest BCUT2D eigenvalue weighted by Gasteiger charge is 2.18. The maximum absolute atomic E-state index is 12.8. The van der Waals surface area contributed by atoms with Crippen molar-refractivity contribution < 1.29 is 23.6 Å². The summed E-state index contributed by atoms with van der Waals surface area (Å²) in [6.07, 6.45) is 0. The Morgan fingerprint density at radius 2 is 1.91 bits per heavy atom. The van der Waals surface area contributed by atoms with Crippen LogP contribution in [0.2, 0.25) is 0 Å². The number of hydrogen-bond donors (Lipinski definition) is 0. The summed E-state index contributed by atoms with van der Waals surface area (Å²) in [6.45, 7) is -0.390. The van der Waals surface area contributed by atoms with E-state index in [0.29, 0.717) is 5.75 Å². The van der Waals surface area contributed by atoms with Crippen molar-refractivity contribution in [2.75, 3.05) is 13.7 Å². The first-order valence-corrected chi connectivity index (χ1v) is 6.25. The fraction of sp³-hybridized carbons (Fsp3) is 0.133. The number of nitro benzene ring substituents is 1. The summed E-state index contributed by atoms with van der Waals surface area (Å²) in [5.74, 6) is -0.599. The fourth-order valence-corrected chi connectivity index (χ4v) is 1.75. The molecule has 7 heteroatoms. The SMILES string of the molecule is COc1ccc(OCC(=O)c2ccc(F)cc2)c([N+](=O)[O-])c1. The Kier molecular flexibility index (Phi) is 4.67. The van der Waals surface area contributed by atoms with Gasteiger partial charge in [-0.1, -0.05) is 0 Å². The molecule has 0 radical (unpaired) electrons. The van der Waals surface area contributed by atoms with Gasteiger partial charge in [0.15, 0.2) is 18.1 Å². The highest BCUT2D eigenvalue weighted by molar-refractivity contribution is 5.97. The lowest BCUT2D eigenvalue weighted by atomic mass is 10.1. The third kappa shape index (κ3) is 3.57. The molecule has 2 rings (SSSR count). The third-order valence-corrected chi connectivity index (χ3v) is 2.89. The first-order chi connectivity index (χ1) is 10.5. The van der Waals surface area contributed by atoms with E-state index in [1.807, 2.05) is 0 Å². The molecular formula is C15H12FNO5. The summed E-state index contributed by atoms with van der Waals surface area (Å²) in [4.78, 5) is 22.3. The molecule has 0 unspecified atom stereocenters. The predicted octanol–water partition coefficient (Wildman–Crippen LogP) is 3.00. The molecule has 0 amide bonds. The molecule has 0 aromatic heterocycles. The predicted molar refractivity (Wildman–Crippen MR) is 75.9 cm³/mol. The fourth-order valence-electron chi connectivity index (χ4n) is 1.75. The molecule has 0 atom stereocenters. The van der Waals surface area contributed by atoms with Crippen LogP contribution in [0.3, 0.4) is 0 Å². The average molecular weight is 305 g/mol. The number of carbonyl (C=O) groups excluding carboxylic acids is 1. The zero-order valence-corrected chi connectivity index (χ0v) is 11.6. The maximum atomic E-state index is 12.8. The number of benzene rings is 2. The Morgan fingerprint density at radius 1 is 1.23 bits per heavy atom. The van der Waals surface area contributed by atoms with Crippen LogP contribution in [0.5, 0.6) is 11.5 Å². The van der Waals surface area contributed by atoms with Gasteiger partial charge < -0.3 is 9.47 Å². The summed E-state index contributed by atoms with van der Waals surface area (Å²) in [7, 11) is 1.39. The van der Waals surface area contributed by atoms with E-state index in [2.05, 4.69) is 0 Å². The second kappa shape index (κ2) is 6.66. The van der Waals surface area contributed by atoms with E-state index in [-0.39, 0.29) is 17.0 Å². The molecule has 2 aromatic carbocycles. The van der Waals surface area contributed by atoms with Crippen molar-refractivity contribution in [1.29, 1.82) is 0 Å².